The SMILES string of the molecule is O=C(C(c1ccccc1)c1ccccc1)N1CCN(c2ccc(-c3ccc(Cl)cc3Cl)nn2)CC1. The summed E-state index contributed by atoms with van der Waals surface area (Å²) >= 11 is 12.3. The number of piperazine rings is 1. The fraction of sp³-hybridized carbons (Fsp3) is 0.179. The topological polar surface area (TPSA) is 49.3 Å². The monoisotopic (exact) mass is 502 g/mol. The number of hydrogen-bond acceptors (Lipinski definition) is 4. The van der Waals surface area contributed by atoms with Gasteiger partial charge in [0.1, 0.15) is 0 Å². The van der Waals surface area contributed by atoms with Crippen LogP contribution in [-0.2, 0) is 4.79 Å². The standard InChI is InChI=1S/C28H24Cl2N4O/c29-22-11-12-23(24(30)19-22)25-13-14-26(32-31-25)33-15-17-34(18-16-33)28(35)27(20-7-3-1-4-8-20)21-9-5-2-6-10-21/h1-14,19,27H,15-18H2. The van der Waals surface area contributed by atoms with Gasteiger partial charge in [-0.2, -0.15) is 0 Å². The minimum absolute atomic E-state index is 0.126. The molecule has 0 bridgehead atoms. The number of carbonyl (C=O) groups excluding carboxylic acids is 1. The van der Waals surface area contributed by atoms with Crippen LogP contribution in [0.3, 0.4) is 0 Å². The number of amides is 1. The predicted molar refractivity (Wildman–Crippen MR) is 141 cm³/mol. The van der Waals surface area contributed by atoms with Crippen molar-refractivity contribution in [2.24, 2.45) is 0 Å². The first-order valence-corrected chi connectivity index (χ1v) is 12.3. The summed E-state index contributed by atoms with van der Waals surface area (Å²) in [5.41, 5.74) is 3.50. The highest BCUT2D eigenvalue weighted by Gasteiger charge is 2.30. The van der Waals surface area contributed by atoms with E-state index in [-0.39, 0.29) is 11.8 Å². The highest BCUT2D eigenvalue weighted by molar-refractivity contribution is 6.36. The van der Waals surface area contributed by atoms with E-state index >= 15 is 0 Å². The molecule has 3 aromatic carbocycles. The molecule has 1 saturated heterocycles. The van der Waals surface area contributed by atoms with Gasteiger partial charge in [-0.3, -0.25) is 4.79 Å². The van der Waals surface area contributed by atoms with Crippen LogP contribution in [0.25, 0.3) is 11.3 Å². The molecule has 0 N–H and O–H groups in total. The van der Waals surface area contributed by atoms with Crippen molar-refractivity contribution < 1.29 is 4.79 Å². The molecule has 5 rings (SSSR count). The molecule has 0 spiro atoms. The molecule has 1 fully saturated rings. The molecule has 0 saturated carbocycles. The molecule has 176 valence electrons. The molecule has 1 aliphatic heterocycles. The number of carbonyl (C=O) groups is 1. The zero-order valence-corrected chi connectivity index (χ0v) is 20.5. The zero-order chi connectivity index (χ0) is 24.2. The first-order valence-electron chi connectivity index (χ1n) is 11.5. The Labute approximate surface area is 214 Å². The molecular weight excluding hydrogens is 479 g/mol. The lowest BCUT2D eigenvalue weighted by Gasteiger charge is -2.37. The number of hydrogen-bond donors (Lipinski definition) is 0. The van der Waals surface area contributed by atoms with E-state index < -0.39 is 0 Å². The Hall–Kier alpha value is -3.41. The van der Waals surface area contributed by atoms with Crippen molar-refractivity contribution in [3.05, 3.63) is 112 Å². The maximum atomic E-state index is 13.7. The summed E-state index contributed by atoms with van der Waals surface area (Å²) < 4.78 is 0. The molecule has 1 aromatic heterocycles. The number of aromatic nitrogens is 2. The maximum Gasteiger partial charge on any atom is 0.234 e. The average Bonchev–Trinajstić information content (AvgIpc) is 2.90. The van der Waals surface area contributed by atoms with Crippen LogP contribution < -0.4 is 4.90 Å². The fourth-order valence-electron chi connectivity index (χ4n) is 4.44. The van der Waals surface area contributed by atoms with Gasteiger partial charge in [0.2, 0.25) is 5.91 Å². The van der Waals surface area contributed by atoms with Gasteiger partial charge in [-0.15, -0.1) is 10.2 Å². The van der Waals surface area contributed by atoms with Gasteiger partial charge in [0, 0.05) is 36.8 Å². The van der Waals surface area contributed by atoms with Gasteiger partial charge < -0.3 is 9.80 Å². The Kier molecular flexibility index (Phi) is 6.98. The lowest BCUT2D eigenvalue weighted by molar-refractivity contribution is -0.132. The van der Waals surface area contributed by atoms with Crippen LogP contribution in [0.1, 0.15) is 17.0 Å². The van der Waals surface area contributed by atoms with Crippen molar-refractivity contribution in [3.8, 4) is 11.3 Å². The van der Waals surface area contributed by atoms with Crippen LogP contribution in [-0.4, -0.2) is 47.2 Å². The number of halogens is 2. The maximum absolute atomic E-state index is 13.7. The van der Waals surface area contributed by atoms with Crippen molar-refractivity contribution in [1.29, 1.82) is 0 Å². The average molecular weight is 503 g/mol. The zero-order valence-electron chi connectivity index (χ0n) is 19.0. The lowest BCUT2D eigenvalue weighted by atomic mass is 9.90. The summed E-state index contributed by atoms with van der Waals surface area (Å²) in [5, 5.41) is 9.92. The highest BCUT2D eigenvalue weighted by Crippen LogP contribution is 2.30. The summed E-state index contributed by atoms with van der Waals surface area (Å²) in [6.45, 7) is 2.64. The number of benzene rings is 3. The highest BCUT2D eigenvalue weighted by atomic mass is 35.5. The van der Waals surface area contributed by atoms with Crippen LogP contribution in [0.15, 0.2) is 91.0 Å². The van der Waals surface area contributed by atoms with Gasteiger partial charge >= 0.3 is 0 Å². The predicted octanol–water partition coefficient (Wildman–Crippen LogP) is 5.93. The van der Waals surface area contributed by atoms with E-state index in [2.05, 4.69) is 15.1 Å². The first kappa shape index (κ1) is 23.3. The van der Waals surface area contributed by atoms with E-state index in [1.54, 1.807) is 12.1 Å². The molecule has 7 heteroatoms. The molecule has 35 heavy (non-hydrogen) atoms. The third-order valence-electron chi connectivity index (χ3n) is 6.29. The molecule has 0 atom stereocenters. The van der Waals surface area contributed by atoms with Crippen molar-refractivity contribution in [2.75, 3.05) is 31.1 Å². The Morgan fingerprint density at radius 1 is 0.743 bits per heavy atom. The van der Waals surface area contributed by atoms with E-state index in [1.807, 2.05) is 83.8 Å². The van der Waals surface area contributed by atoms with Crippen LogP contribution in [0.5, 0.6) is 0 Å². The third kappa shape index (κ3) is 5.16. The van der Waals surface area contributed by atoms with Gasteiger partial charge in [0.05, 0.1) is 16.6 Å². The minimum Gasteiger partial charge on any atom is -0.352 e. The molecule has 2 heterocycles. The number of nitrogens with zero attached hydrogens (tertiary/aromatic N) is 4. The van der Waals surface area contributed by atoms with Crippen molar-refractivity contribution in [1.82, 2.24) is 15.1 Å². The quantitative estimate of drug-likeness (QED) is 0.339. The normalized spacial score (nSPS) is 13.8. The molecule has 0 radical (unpaired) electrons. The van der Waals surface area contributed by atoms with Crippen LogP contribution in [0.2, 0.25) is 10.0 Å². The van der Waals surface area contributed by atoms with Gasteiger partial charge in [-0.1, -0.05) is 83.9 Å². The second-order valence-corrected chi connectivity index (χ2v) is 9.31. The lowest BCUT2D eigenvalue weighted by Crippen LogP contribution is -2.50. The molecular formula is C28H24Cl2N4O. The van der Waals surface area contributed by atoms with E-state index in [9.17, 15) is 4.79 Å². The van der Waals surface area contributed by atoms with Crippen molar-refractivity contribution >= 4 is 34.9 Å². The largest absolute Gasteiger partial charge is 0.352 e. The van der Waals surface area contributed by atoms with Crippen molar-refractivity contribution in [2.45, 2.75) is 5.92 Å². The molecule has 4 aromatic rings. The fourth-order valence-corrected chi connectivity index (χ4v) is 4.95. The summed E-state index contributed by atoms with van der Waals surface area (Å²) in [4.78, 5) is 17.8. The molecule has 0 unspecified atom stereocenters. The molecule has 1 amide bonds. The second kappa shape index (κ2) is 10.5. The van der Waals surface area contributed by atoms with E-state index in [4.69, 9.17) is 23.2 Å². The minimum atomic E-state index is -0.313. The molecule has 1 aliphatic rings. The summed E-state index contributed by atoms with van der Waals surface area (Å²) in [6.07, 6.45) is 0. The van der Waals surface area contributed by atoms with Gasteiger partial charge in [-0.25, -0.2) is 0 Å². The molecule has 0 aliphatic carbocycles. The van der Waals surface area contributed by atoms with E-state index in [0.717, 1.165) is 22.5 Å². The smallest absolute Gasteiger partial charge is 0.234 e. The summed E-state index contributed by atoms with van der Waals surface area (Å²) in [6, 6.07) is 29.2. The summed E-state index contributed by atoms with van der Waals surface area (Å²) in [7, 11) is 0. The van der Waals surface area contributed by atoms with Crippen molar-refractivity contribution in [3.63, 3.8) is 0 Å². The van der Waals surface area contributed by atoms with Gasteiger partial charge in [0.25, 0.3) is 0 Å². The Morgan fingerprint density at radius 2 is 1.37 bits per heavy atom. The second-order valence-electron chi connectivity index (χ2n) is 8.47. The van der Waals surface area contributed by atoms with E-state index in [1.165, 1.54) is 0 Å². The van der Waals surface area contributed by atoms with Gasteiger partial charge in [-0.05, 0) is 41.5 Å². The first-order chi connectivity index (χ1) is 17.1. The van der Waals surface area contributed by atoms with Gasteiger partial charge in [0.15, 0.2) is 5.82 Å². The molecule has 5 nitrogen and oxygen atoms in total. The Morgan fingerprint density at radius 3 is 1.91 bits per heavy atom. The van der Waals surface area contributed by atoms with E-state index in [0.29, 0.717) is 41.9 Å². The van der Waals surface area contributed by atoms with Crippen LogP contribution in [0, 0.1) is 0 Å². The number of rotatable bonds is 5. The third-order valence-corrected chi connectivity index (χ3v) is 6.83. The number of anilines is 1. The Bertz CT molecular complexity index is 1250. The summed E-state index contributed by atoms with van der Waals surface area (Å²) in [5.74, 6) is 0.599. The van der Waals surface area contributed by atoms with Crippen LogP contribution in [0.4, 0.5) is 5.82 Å². The Balaban J connectivity index is 1.28. The van der Waals surface area contributed by atoms with Crippen LogP contribution >= 0.6 is 23.2 Å².